The number of primary amides is 1. The van der Waals surface area contributed by atoms with Gasteiger partial charge in [-0.3, -0.25) is 14.2 Å². The van der Waals surface area contributed by atoms with E-state index in [-0.39, 0.29) is 47.9 Å². The van der Waals surface area contributed by atoms with Crippen LogP contribution in [0.1, 0.15) is 42.9 Å². The number of nitrogens with two attached hydrogens (primary N) is 1. The van der Waals surface area contributed by atoms with Crippen molar-refractivity contribution in [1.29, 1.82) is 0 Å². The average molecular weight is 514 g/mol. The van der Waals surface area contributed by atoms with Crippen molar-refractivity contribution in [1.82, 2.24) is 28.6 Å². The first-order valence-corrected chi connectivity index (χ1v) is 12.8. The van der Waals surface area contributed by atoms with Crippen LogP contribution in [0.15, 0.2) is 57.2 Å². The minimum Gasteiger partial charge on any atom is -0.370 e. The van der Waals surface area contributed by atoms with Crippen molar-refractivity contribution in [3.8, 4) is 0 Å². The molecule has 0 saturated carbocycles. The molecule has 1 aromatic carbocycles. The number of amides is 1. The molecule has 3 heterocycles. The van der Waals surface area contributed by atoms with Gasteiger partial charge >= 0.3 is 0 Å². The molecule has 1 unspecified atom stereocenters. The minimum atomic E-state index is -4.19. The fourth-order valence-corrected chi connectivity index (χ4v) is 5.71. The number of carbonyl (C=O) groups is 1. The standard InChI is InChI=1S/C23H27N7O5S/c1-4-17(30(11-10-18(24)31)36(33,34)19-13-28(3)14-25-19)21-26-22-20(15(2)27-35-22)23(32)29(21)12-16-8-6-5-7-9-16/h5-9,13-14,17H,4,10-12H2,1-3H3,(H2,24,31). The van der Waals surface area contributed by atoms with Crippen LogP contribution in [0.4, 0.5) is 0 Å². The van der Waals surface area contributed by atoms with Crippen molar-refractivity contribution >= 4 is 27.0 Å². The summed E-state index contributed by atoms with van der Waals surface area (Å²) < 4.78 is 36.8. The maximum atomic E-state index is 13.7. The zero-order valence-electron chi connectivity index (χ0n) is 20.2. The fraction of sp³-hybridized carbons (Fsp3) is 0.348. The van der Waals surface area contributed by atoms with E-state index in [0.717, 1.165) is 9.87 Å². The third-order valence-electron chi connectivity index (χ3n) is 5.85. The summed E-state index contributed by atoms with van der Waals surface area (Å²) >= 11 is 0. The second-order valence-corrected chi connectivity index (χ2v) is 10.3. The zero-order valence-corrected chi connectivity index (χ0v) is 21.0. The number of fused-ring (bicyclic) bond motifs is 1. The van der Waals surface area contributed by atoms with Crippen LogP contribution in [-0.2, 0) is 28.4 Å². The number of rotatable bonds is 10. The molecule has 13 heteroatoms. The van der Waals surface area contributed by atoms with Gasteiger partial charge in [0, 0.05) is 26.2 Å². The van der Waals surface area contributed by atoms with Gasteiger partial charge in [-0.25, -0.2) is 13.4 Å². The summed E-state index contributed by atoms with van der Waals surface area (Å²) in [6.07, 6.45) is 2.75. The van der Waals surface area contributed by atoms with Gasteiger partial charge in [-0.15, -0.1) is 0 Å². The van der Waals surface area contributed by atoms with Gasteiger partial charge in [0.15, 0.2) is 5.03 Å². The topological polar surface area (TPSA) is 159 Å². The minimum absolute atomic E-state index is 0.0142. The number of benzene rings is 1. The Hall–Kier alpha value is -3.84. The van der Waals surface area contributed by atoms with Crippen LogP contribution in [0.5, 0.6) is 0 Å². The highest BCUT2D eigenvalue weighted by atomic mass is 32.2. The fourth-order valence-electron chi connectivity index (χ4n) is 4.08. The molecule has 0 aliphatic rings. The second kappa shape index (κ2) is 10.0. The highest BCUT2D eigenvalue weighted by molar-refractivity contribution is 7.89. The summed E-state index contributed by atoms with van der Waals surface area (Å²) in [5.74, 6) is -0.499. The van der Waals surface area contributed by atoms with Crippen LogP contribution in [0.25, 0.3) is 11.1 Å². The van der Waals surface area contributed by atoms with E-state index in [9.17, 15) is 18.0 Å². The van der Waals surface area contributed by atoms with Crippen molar-refractivity contribution in [2.45, 2.75) is 44.3 Å². The Balaban J connectivity index is 1.93. The number of hydrogen-bond acceptors (Lipinski definition) is 8. The number of nitrogens with zero attached hydrogens (tertiary/aromatic N) is 6. The Bertz CT molecular complexity index is 1560. The lowest BCUT2D eigenvalue weighted by Gasteiger charge is -2.30. The molecule has 36 heavy (non-hydrogen) atoms. The monoisotopic (exact) mass is 513 g/mol. The quantitative estimate of drug-likeness (QED) is 0.334. The maximum Gasteiger partial charge on any atom is 0.267 e. The molecule has 1 atom stereocenters. The third-order valence-corrected chi connectivity index (χ3v) is 7.64. The molecule has 0 aliphatic heterocycles. The van der Waals surface area contributed by atoms with Crippen molar-refractivity contribution in [3.05, 3.63) is 70.3 Å². The molecular weight excluding hydrogens is 486 g/mol. The van der Waals surface area contributed by atoms with E-state index in [1.54, 1.807) is 20.9 Å². The Labute approximate surface area is 207 Å². The van der Waals surface area contributed by atoms with Crippen molar-refractivity contribution in [3.63, 3.8) is 0 Å². The normalized spacial score (nSPS) is 12.9. The number of sulfonamides is 1. The molecule has 0 aliphatic carbocycles. The molecule has 1 amide bonds. The van der Waals surface area contributed by atoms with E-state index in [1.165, 1.54) is 21.7 Å². The van der Waals surface area contributed by atoms with Crippen LogP contribution in [0.2, 0.25) is 0 Å². The van der Waals surface area contributed by atoms with E-state index in [2.05, 4.69) is 15.1 Å². The Morgan fingerprint density at radius 1 is 1.25 bits per heavy atom. The summed E-state index contributed by atoms with van der Waals surface area (Å²) in [7, 11) is -2.54. The van der Waals surface area contributed by atoms with Gasteiger partial charge in [0.05, 0.1) is 24.6 Å². The first-order valence-electron chi connectivity index (χ1n) is 11.3. The maximum absolute atomic E-state index is 13.7. The number of aromatic nitrogens is 5. The number of hydrogen-bond donors (Lipinski definition) is 1. The van der Waals surface area contributed by atoms with E-state index in [4.69, 9.17) is 10.3 Å². The first kappa shape index (κ1) is 25.3. The van der Waals surface area contributed by atoms with Crippen LogP contribution < -0.4 is 11.3 Å². The van der Waals surface area contributed by atoms with Crippen LogP contribution in [0.3, 0.4) is 0 Å². The van der Waals surface area contributed by atoms with Gasteiger partial charge in [-0.1, -0.05) is 42.4 Å². The van der Waals surface area contributed by atoms with Gasteiger partial charge in [-0.2, -0.15) is 9.29 Å². The largest absolute Gasteiger partial charge is 0.370 e. The SMILES string of the molecule is CCC(c1nc2onc(C)c2c(=O)n1Cc1ccccc1)N(CCC(N)=O)S(=O)(=O)c1cn(C)cn1. The summed E-state index contributed by atoms with van der Waals surface area (Å²) in [5.41, 5.74) is 6.19. The highest BCUT2D eigenvalue weighted by Gasteiger charge is 2.36. The summed E-state index contributed by atoms with van der Waals surface area (Å²) in [6, 6.07) is 8.34. The lowest BCUT2D eigenvalue weighted by molar-refractivity contribution is -0.118. The van der Waals surface area contributed by atoms with Crippen LogP contribution in [-0.4, -0.2) is 49.4 Å². The molecule has 0 radical (unpaired) electrons. The molecule has 4 rings (SSSR count). The van der Waals surface area contributed by atoms with Gasteiger partial charge < -0.3 is 14.8 Å². The average Bonchev–Trinajstić information content (AvgIpc) is 3.45. The molecular formula is C23H27N7O5S. The molecule has 2 N–H and O–H groups in total. The van der Waals surface area contributed by atoms with E-state index >= 15 is 0 Å². The van der Waals surface area contributed by atoms with Gasteiger partial charge in [0.2, 0.25) is 5.91 Å². The van der Waals surface area contributed by atoms with Crippen LogP contribution in [0, 0.1) is 6.92 Å². The summed E-state index contributed by atoms with van der Waals surface area (Å²) in [6.45, 7) is 3.34. The predicted molar refractivity (Wildman–Crippen MR) is 130 cm³/mol. The lowest BCUT2D eigenvalue weighted by Crippen LogP contribution is -2.40. The Morgan fingerprint density at radius 2 is 1.97 bits per heavy atom. The predicted octanol–water partition coefficient (Wildman–Crippen LogP) is 1.49. The van der Waals surface area contributed by atoms with Crippen LogP contribution >= 0.6 is 0 Å². The highest BCUT2D eigenvalue weighted by Crippen LogP contribution is 2.30. The molecule has 0 saturated heterocycles. The molecule has 3 aromatic heterocycles. The Morgan fingerprint density at radius 3 is 2.58 bits per heavy atom. The number of imidazole rings is 1. The zero-order chi connectivity index (χ0) is 26.0. The van der Waals surface area contributed by atoms with E-state index in [1.807, 2.05) is 30.3 Å². The number of aryl methyl sites for hydroxylation is 2. The molecule has 190 valence electrons. The first-order chi connectivity index (χ1) is 17.1. The summed E-state index contributed by atoms with van der Waals surface area (Å²) in [5, 5.41) is 3.91. The number of carbonyl (C=O) groups excluding carboxylic acids is 1. The summed E-state index contributed by atoms with van der Waals surface area (Å²) in [4.78, 5) is 33.9. The molecule has 0 fully saturated rings. The molecule has 0 bridgehead atoms. The smallest absolute Gasteiger partial charge is 0.267 e. The van der Waals surface area contributed by atoms with E-state index in [0.29, 0.717) is 5.69 Å². The molecule has 12 nitrogen and oxygen atoms in total. The second-order valence-electron chi connectivity index (χ2n) is 8.43. The molecule has 0 spiro atoms. The van der Waals surface area contributed by atoms with Gasteiger partial charge in [0.1, 0.15) is 11.2 Å². The van der Waals surface area contributed by atoms with Crippen molar-refractivity contribution in [2.75, 3.05) is 6.54 Å². The van der Waals surface area contributed by atoms with Gasteiger partial charge in [0.25, 0.3) is 21.3 Å². The Kier molecular flexibility index (Phi) is 7.04. The molecule has 4 aromatic rings. The van der Waals surface area contributed by atoms with Crippen molar-refractivity contribution in [2.24, 2.45) is 12.8 Å². The van der Waals surface area contributed by atoms with E-state index < -0.39 is 27.5 Å². The lowest BCUT2D eigenvalue weighted by atomic mass is 10.1. The third kappa shape index (κ3) is 4.79. The van der Waals surface area contributed by atoms with Crippen molar-refractivity contribution < 1.29 is 17.7 Å². The van der Waals surface area contributed by atoms with Gasteiger partial charge in [-0.05, 0) is 18.9 Å².